The summed E-state index contributed by atoms with van der Waals surface area (Å²) in [6.45, 7) is 3.59. The Morgan fingerprint density at radius 3 is 2.50 bits per heavy atom. The molecule has 0 aliphatic rings. The minimum atomic E-state index is -0.228. The summed E-state index contributed by atoms with van der Waals surface area (Å²) in [6, 6.07) is 4.71. The monoisotopic (exact) mass is 274 g/mol. The highest BCUT2D eigenvalue weighted by Crippen LogP contribution is 2.22. The minimum Gasteiger partial charge on any atom is -0.353 e. The van der Waals surface area contributed by atoms with Gasteiger partial charge in [0.15, 0.2) is 0 Å². The fourth-order valence-electron chi connectivity index (χ4n) is 1.90. The highest BCUT2D eigenvalue weighted by molar-refractivity contribution is 5.65. The van der Waals surface area contributed by atoms with Gasteiger partial charge in [0, 0.05) is 31.0 Å². The average molecular weight is 274 g/mol. The fourth-order valence-corrected chi connectivity index (χ4v) is 1.90. The molecule has 2 aromatic rings. The Balaban J connectivity index is 2.07. The van der Waals surface area contributed by atoms with Crippen LogP contribution in [0.4, 0.5) is 10.3 Å². The summed E-state index contributed by atoms with van der Waals surface area (Å²) in [5, 5.41) is 3.15. The van der Waals surface area contributed by atoms with Crippen LogP contribution in [0.25, 0.3) is 11.1 Å². The lowest BCUT2D eigenvalue weighted by Gasteiger charge is -2.10. The lowest BCUT2D eigenvalue weighted by atomic mass is 10.0. The summed E-state index contributed by atoms with van der Waals surface area (Å²) in [7, 11) is 4.03. The molecule has 2 rings (SSSR count). The zero-order chi connectivity index (χ0) is 14.5. The molecule has 0 spiro atoms. The van der Waals surface area contributed by atoms with E-state index in [1.807, 2.05) is 21.0 Å². The topological polar surface area (TPSA) is 41.1 Å². The first-order valence-corrected chi connectivity index (χ1v) is 6.53. The number of aryl methyl sites for hydroxylation is 1. The Morgan fingerprint density at radius 1 is 1.20 bits per heavy atom. The van der Waals surface area contributed by atoms with Crippen LogP contribution in [0, 0.1) is 12.7 Å². The summed E-state index contributed by atoms with van der Waals surface area (Å²) in [4.78, 5) is 10.6. The minimum absolute atomic E-state index is 0.228. The van der Waals surface area contributed by atoms with Crippen molar-refractivity contribution < 1.29 is 4.39 Å². The summed E-state index contributed by atoms with van der Waals surface area (Å²) in [5.74, 6) is 0.379. The number of hydrogen-bond donors (Lipinski definition) is 1. The van der Waals surface area contributed by atoms with Gasteiger partial charge in [-0.25, -0.2) is 14.4 Å². The van der Waals surface area contributed by atoms with E-state index in [2.05, 4.69) is 20.2 Å². The van der Waals surface area contributed by atoms with E-state index in [9.17, 15) is 4.39 Å². The van der Waals surface area contributed by atoms with Crippen LogP contribution in [0.2, 0.25) is 0 Å². The van der Waals surface area contributed by atoms with Gasteiger partial charge in [-0.3, -0.25) is 0 Å². The molecule has 0 saturated carbocycles. The van der Waals surface area contributed by atoms with E-state index in [1.165, 1.54) is 12.1 Å². The van der Waals surface area contributed by atoms with Gasteiger partial charge in [-0.1, -0.05) is 6.07 Å². The van der Waals surface area contributed by atoms with Crippen molar-refractivity contribution in [3.8, 4) is 11.1 Å². The molecule has 0 amide bonds. The number of halogens is 1. The second-order valence-corrected chi connectivity index (χ2v) is 4.98. The smallest absolute Gasteiger partial charge is 0.222 e. The third-order valence-corrected chi connectivity index (χ3v) is 2.99. The molecular formula is C15H19FN4. The van der Waals surface area contributed by atoms with E-state index < -0.39 is 0 Å². The summed E-state index contributed by atoms with van der Waals surface area (Å²) in [6.07, 6.45) is 3.51. The highest BCUT2D eigenvalue weighted by Gasteiger charge is 2.04. The molecule has 20 heavy (non-hydrogen) atoms. The van der Waals surface area contributed by atoms with Crippen molar-refractivity contribution in [1.29, 1.82) is 0 Å². The lowest BCUT2D eigenvalue weighted by molar-refractivity contribution is 0.425. The van der Waals surface area contributed by atoms with Crippen LogP contribution in [0.3, 0.4) is 0 Å². The summed E-state index contributed by atoms with van der Waals surface area (Å²) >= 11 is 0. The number of aromatic nitrogens is 2. The van der Waals surface area contributed by atoms with E-state index >= 15 is 0 Å². The Hall–Kier alpha value is -2.01. The SMILES string of the molecule is Cc1cc(F)ccc1-c1cnc(NCCN(C)C)nc1. The van der Waals surface area contributed by atoms with Gasteiger partial charge in [0.25, 0.3) is 0 Å². The van der Waals surface area contributed by atoms with Crippen molar-refractivity contribution in [2.45, 2.75) is 6.92 Å². The molecule has 0 unspecified atom stereocenters. The second kappa shape index (κ2) is 6.43. The first-order valence-electron chi connectivity index (χ1n) is 6.53. The van der Waals surface area contributed by atoms with E-state index in [-0.39, 0.29) is 5.82 Å². The van der Waals surface area contributed by atoms with Crippen LogP contribution >= 0.6 is 0 Å². The number of anilines is 1. The van der Waals surface area contributed by atoms with Crippen LogP contribution in [-0.4, -0.2) is 42.1 Å². The van der Waals surface area contributed by atoms with Crippen LogP contribution in [0.15, 0.2) is 30.6 Å². The van der Waals surface area contributed by atoms with Gasteiger partial charge in [-0.15, -0.1) is 0 Å². The van der Waals surface area contributed by atoms with Crippen molar-refractivity contribution in [3.05, 3.63) is 42.0 Å². The van der Waals surface area contributed by atoms with Crippen LogP contribution in [0.1, 0.15) is 5.56 Å². The van der Waals surface area contributed by atoms with Gasteiger partial charge < -0.3 is 10.2 Å². The van der Waals surface area contributed by atoms with E-state index in [0.717, 1.165) is 29.8 Å². The zero-order valence-corrected chi connectivity index (χ0v) is 12.0. The number of benzene rings is 1. The maximum Gasteiger partial charge on any atom is 0.222 e. The third kappa shape index (κ3) is 3.74. The standard InChI is InChI=1S/C15H19FN4/c1-11-8-13(16)4-5-14(11)12-9-18-15(19-10-12)17-6-7-20(2)3/h4-5,8-10H,6-7H2,1-3H3,(H,17,18,19). The normalized spacial score (nSPS) is 10.8. The Labute approximate surface area is 118 Å². The van der Waals surface area contributed by atoms with Crippen molar-refractivity contribution in [3.63, 3.8) is 0 Å². The number of nitrogens with zero attached hydrogens (tertiary/aromatic N) is 3. The largest absolute Gasteiger partial charge is 0.353 e. The van der Waals surface area contributed by atoms with Crippen LogP contribution in [-0.2, 0) is 0 Å². The highest BCUT2D eigenvalue weighted by atomic mass is 19.1. The predicted molar refractivity (Wildman–Crippen MR) is 79.2 cm³/mol. The molecule has 0 atom stereocenters. The lowest BCUT2D eigenvalue weighted by Crippen LogP contribution is -2.21. The first-order chi connectivity index (χ1) is 9.56. The molecule has 0 bridgehead atoms. The van der Waals surface area contributed by atoms with Gasteiger partial charge in [-0.2, -0.15) is 0 Å². The Morgan fingerprint density at radius 2 is 1.90 bits per heavy atom. The molecule has 4 nitrogen and oxygen atoms in total. The maximum absolute atomic E-state index is 13.1. The molecule has 5 heteroatoms. The maximum atomic E-state index is 13.1. The van der Waals surface area contributed by atoms with E-state index in [1.54, 1.807) is 18.5 Å². The van der Waals surface area contributed by atoms with Gasteiger partial charge >= 0.3 is 0 Å². The van der Waals surface area contributed by atoms with Gasteiger partial charge in [0.2, 0.25) is 5.95 Å². The molecule has 0 radical (unpaired) electrons. The quantitative estimate of drug-likeness (QED) is 0.910. The molecule has 1 aromatic carbocycles. The fraction of sp³-hybridized carbons (Fsp3) is 0.333. The number of nitrogens with one attached hydrogen (secondary N) is 1. The van der Waals surface area contributed by atoms with Gasteiger partial charge in [0.05, 0.1) is 0 Å². The predicted octanol–water partition coefficient (Wildman–Crippen LogP) is 2.56. The van der Waals surface area contributed by atoms with Crippen molar-refractivity contribution >= 4 is 5.95 Å². The number of rotatable bonds is 5. The van der Waals surface area contributed by atoms with Gasteiger partial charge in [0.1, 0.15) is 5.82 Å². The molecule has 1 heterocycles. The molecule has 0 saturated heterocycles. The molecular weight excluding hydrogens is 255 g/mol. The number of likely N-dealkylation sites (N-methyl/N-ethyl adjacent to an activating group) is 1. The average Bonchev–Trinajstić information content (AvgIpc) is 2.39. The zero-order valence-electron chi connectivity index (χ0n) is 12.0. The van der Waals surface area contributed by atoms with Crippen LogP contribution in [0.5, 0.6) is 0 Å². The van der Waals surface area contributed by atoms with E-state index in [4.69, 9.17) is 0 Å². The molecule has 0 aliphatic heterocycles. The van der Waals surface area contributed by atoms with Crippen LogP contribution < -0.4 is 5.32 Å². The van der Waals surface area contributed by atoms with Gasteiger partial charge in [-0.05, 0) is 44.3 Å². The summed E-state index contributed by atoms with van der Waals surface area (Å²) < 4.78 is 13.1. The second-order valence-electron chi connectivity index (χ2n) is 4.98. The molecule has 0 aliphatic carbocycles. The van der Waals surface area contributed by atoms with Crippen molar-refractivity contribution in [2.75, 3.05) is 32.5 Å². The molecule has 0 fully saturated rings. The molecule has 1 aromatic heterocycles. The molecule has 106 valence electrons. The number of hydrogen-bond acceptors (Lipinski definition) is 4. The van der Waals surface area contributed by atoms with E-state index in [0.29, 0.717) is 5.95 Å². The Kier molecular flexibility index (Phi) is 4.63. The first kappa shape index (κ1) is 14.4. The summed E-state index contributed by atoms with van der Waals surface area (Å²) in [5.41, 5.74) is 2.72. The molecule has 1 N–H and O–H groups in total. The van der Waals surface area contributed by atoms with Crippen molar-refractivity contribution in [2.24, 2.45) is 0 Å². The van der Waals surface area contributed by atoms with Crippen molar-refractivity contribution in [1.82, 2.24) is 14.9 Å². The third-order valence-electron chi connectivity index (χ3n) is 2.99. The Bertz CT molecular complexity index is 567.